The van der Waals surface area contributed by atoms with E-state index < -0.39 is 0 Å². The highest BCUT2D eigenvalue weighted by Crippen LogP contribution is 2.20. The number of hydrogen-bond donors (Lipinski definition) is 2. The average Bonchev–Trinajstić information content (AvgIpc) is 3.02. The third-order valence-corrected chi connectivity index (χ3v) is 4.60. The smallest absolute Gasteiger partial charge is 0.240 e. The number of nitrogens with one attached hydrogen (secondary N) is 2. The minimum absolute atomic E-state index is 0.521. The molecule has 3 aromatic rings. The van der Waals surface area contributed by atoms with Crippen LogP contribution >= 0.6 is 27.7 Å². The number of H-pyrrole nitrogens is 1. The van der Waals surface area contributed by atoms with Crippen LogP contribution in [0.3, 0.4) is 0 Å². The Balaban J connectivity index is 1.52. The van der Waals surface area contributed by atoms with Gasteiger partial charge in [-0.2, -0.15) is 10.1 Å². The molecule has 0 atom stereocenters. The Kier molecular flexibility index (Phi) is 5.66. The normalized spacial score (nSPS) is 11.1. The molecule has 0 saturated heterocycles. The molecule has 7 heteroatoms. The number of thioether (sulfide) groups is 1. The summed E-state index contributed by atoms with van der Waals surface area (Å²) >= 11 is 5.01. The van der Waals surface area contributed by atoms with Crippen molar-refractivity contribution in [1.82, 2.24) is 15.2 Å². The fourth-order valence-corrected chi connectivity index (χ4v) is 3.12. The van der Waals surface area contributed by atoms with Crippen molar-refractivity contribution < 1.29 is 0 Å². The molecular formula is C17H16BrN5S. The number of hydrogen-bond acceptors (Lipinski definition) is 5. The molecule has 0 bridgehead atoms. The number of aromatic amines is 1. The highest BCUT2D eigenvalue weighted by Gasteiger charge is 2.03. The highest BCUT2D eigenvalue weighted by atomic mass is 79.9. The van der Waals surface area contributed by atoms with Gasteiger partial charge in [-0.3, -0.25) is 0 Å². The molecule has 122 valence electrons. The zero-order valence-corrected chi connectivity index (χ0v) is 15.4. The van der Waals surface area contributed by atoms with Gasteiger partial charge in [-0.05, 0) is 30.2 Å². The second kappa shape index (κ2) is 8.12. The second-order valence-electron chi connectivity index (χ2n) is 5.17. The number of hydrazone groups is 1. The standard InChI is InChI=1S/C17H16BrN5S/c1-12-5-7-13(8-6-12)11-24-17-20-16(22-23-17)21-19-10-14-3-2-4-15(18)9-14/h2-10H,11H2,1H3,(H2,20,21,22,23)/b19-10-. The Labute approximate surface area is 153 Å². The van der Waals surface area contributed by atoms with Crippen LogP contribution in [0.4, 0.5) is 5.95 Å². The van der Waals surface area contributed by atoms with Crippen LogP contribution in [0.2, 0.25) is 0 Å². The second-order valence-corrected chi connectivity index (χ2v) is 7.02. The molecule has 2 N–H and O–H groups in total. The van der Waals surface area contributed by atoms with Gasteiger partial charge in [0.2, 0.25) is 11.1 Å². The molecular weight excluding hydrogens is 386 g/mol. The van der Waals surface area contributed by atoms with Crippen molar-refractivity contribution in [3.63, 3.8) is 0 Å². The number of benzene rings is 2. The van der Waals surface area contributed by atoms with Crippen molar-refractivity contribution in [3.8, 4) is 0 Å². The molecule has 0 aliphatic rings. The van der Waals surface area contributed by atoms with Crippen LogP contribution in [0.15, 0.2) is 63.3 Å². The number of aryl methyl sites for hydroxylation is 1. The summed E-state index contributed by atoms with van der Waals surface area (Å²) in [5, 5.41) is 11.9. The lowest BCUT2D eigenvalue weighted by atomic mass is 10.2. The molecule has 1 heterocycles. The summed E-state index contributed by atoms with van der Waals surface area (Å²) < 4.78 is 1.01. The van der Waals surface area contributed by atoms with E-state index in [1.807, 2.05) is 24.3 Å². The number of aromatic nitrogens is 3. The molecule has 1 aromatic heterocycles. The zero-order chi connectivity index (χ0) is 16.8. The number of halogens is 1. The van der Waals surface area contributed by atoms with E-state index in [9.17, 15) is 0 Å². The molecule has 0 aliphatic carbocycles. The van der Waals surface area contributed by atoms with Crippen LogP contribution < -0.4 is 5.43 Å². The van der Waals surface area contributed by atoms with Gasteiger partial charge in [0.25, 0.3) is 0 Å². The molecule has 0 aliphatic heterocycles. The molecule has 0 saturated carbocycles. The first-order valence-electron chi connectivity index (χ1n) is 7.34. The Morgan fingerprint density at radius 1 is 1.25 bits per heavy atom. The van der Waals surface area contributed by atoms with Crippen molar-refractivity contribution >= 4 is 39.9 Å². The van der Waals surface area contributed by atoms with Crippen molar-refractivity contribution in [2.45, 2.75) is 17.8 Å². The van der Waals surface area contributed by atoms with Crippen LogP contribution in [-0.2, 0) is 5.75 Å². The Morgan fingerprint density at radius 2 is 2.08 bits per heavy atom. The lowest BCUT2D eigenvalue weighted by Gasteiger charge is -1.98. The van der Waals surface area contributed by atoms with Gasteiger partial charge in [0, 0.05) is 10.2 Å². The fraction of sp³-hybridized carbons (Fsp3) is 0.118. The van der Waals surface area contributed by atoms with Crippen LogP contribution in [0.5, 0.6) is 0 Å². The molecule has 0 spiro atoms. The molecule has 0 fully saturated rings. The monoisotopic (exact) mass is 401 g/mol. The minimum atomic E-state index is 0.521. The summed E-state index contributed by atoms with van der Waals surface area (Å²) in [5.41, 5.74) is 6.35. The maximum Gasteiger partial charge on any atom is 0.240 e. The van der Waals surface area contributed by atoms with Crippen LogP contribution in [0.1, 0.15) is 16.7 Å². The lowest BCUT2D eigenvalue weighted by Crippen LogP contribution is -1.92. The summed E-state index contributed by atoms with van der Waals surface area (Å²) in [5.74, 6) is 1.35. The van der Waals surface area contributed by atoms with Gasteiger partial charge < -0.3 is 0 Å². The van der Waals surface area contributed by atoms with Crippen molar-refractivity contribution in [2.24, 2.45) is 5.10 Å². The minimum Gasteiger partial charge on any atom is -0.246 e. The van der Waals surface area contributed by atoms with E-state index in [1.54, 1.807) is 18.0 Å². The molecule has 24 heavy (non-hydrogen) atoms. The molecule has 0 amide bonds. The van der Waals surface area contributed by atoms with E-state index in [0.717, 1.165) is 15.8 Å². The summed E-state index contributed by atoms with van der Waals surface area (Å²) in [4.78, 5) is 4.35. The predicted octanol–water partition coefficient (Wildman–Crippen LogP) is 4.61. The molecule has 0 radical (unpaired) electrons. The van der Waals surface area contributed by atoms with E-state index in [0.29, 0.717) is 11.1 Å². The summed E-state index contributed by atoms with van der Waals surface area (Å²) in [6.07, 6.45) is 1.73. The van der Waals surface area contributed by atoms with Gasteiger partial charge in [0.1, 0.15) is 0 Å². The first-order valence-corrected chi connectivity index (χ1v) is 9.12. The van der Waals surface area contributed by atoms with Gasteiger partial charge in [-0.25, -0.2) is 10.5 Å². The predicted molar refractivity (Wildman–Crippen MR) is 102 cm³/mol. The van der Waals surface area contributed by atoms with Crippen LogP contribution in [-0.4, -0.2) is 21.4 Å². The van der Waals surface area contributed by atoms with Gasteiger partial charge in [-0.15, -0.1) is 5.10 Å². The average molecular weight is 402 g/mol. The molecule has 2 aromatic carbocycles. The van der Waals surface area contributed by atoms with E-state index in [-0.39, 0.29) is 0 Å². The topological polar surface area (TPSA) is 66.0 Å². The third-order valence-electron chi connectivity index (χ3n) is 3.19. The first-order chi connectivity index (χ1) is 11.7. The maximum atomic E-state index is 4.35. The van der Waals surface area contributed by atoms with E-state index in [2.05, 4.69) is 72.8 Å². The lowest BCUT2D eigenvalue weighted by molar-refractivity contribution is 0.972. The first kappa shape index (κ1) is 16.7. The largest absolute Gasteiger partial charge is 0.246 e. The Morgan fingerprint density at radius 3 is 2.88 bits per heavy atom. The maximum absolute atomic E-state index is 4.35. The highest BCUT2D eigenvalue weighted by molar-refractivity contribution is 9.10. The van der Waals surface area contributed by atoms with E-state index in [4.69, 9.17) is 0 Å². The van der Waals surface area contributed by atoms with Gasteiger partial charge in [-0.1, -0.05) is 69.7 Å². The van der Waals surface area contributed by atoms with Gasteiger partial charge in [0.05, 0.1) is 6.21 Å². The zero-order valence-electron chi connectivity index (χ0n) is 13.0. The Bertz CT molecular complexity index is 829. The number of rotatable bonds is 6. The third kappa shape index (κ3) is 4.94. The molecule has 0 unspecified atom stereocenters. The van der Waals surface area contributed by atoms with Crippen LogP contribution in [0, 0.1) is 6.92 Å². The summed E-state index contributed by atoms with van der Waals surface area (Å²) in [7, 11) is 0. The van der Waals surface area contributed by atoms with Crippen molar-refractivity contribution in [2.75, 3.05) is 5.43 Å². The number of anilines is 1. The number of nitrogens with zero attached hydrogens (tertiary/aromatic N) is 3. The van der Waals surface area contributed by atoms with Gasteiger partial charge >= 0.3 is 0 Å². The summed E-state index contributed by atoms with van der Waals surface area (Å²) in [6.45, 7) is 2.08. The quantitative estimate of drug-likeness (QED) is 0.359. The van der Waals surface area contributed by atoms with Crippen LogP contribution in [0.25, 0.3) is 0 Å². The SMILES string of the molecule is Cc1ccc(CSc2n[nH]c(N/N=C\c3cccc(Br)c3)n2)cc1. The summed E-state index contributed by atoms with van der Waals surface area (Å²) in [6, 6.07) is 16.3. The van der Waals surface area contributed by atoms with Crippen molar-refractivity contribution in [3.05, 3.63) is 69.7 Å². The molecule has 5 nitrogen and oxygen atoms in total. The molecule has 3 rings (SSSR count). The van der Waals surface area contributed by atoms with E-state index >= 15 is 0 Å². The van der Waals surface area contributed by atoms with E-state index in [1.165, 1.54) is 11.1 Å². The van der Waals surface area contributed by atoms with Gasteiger partial charge in [0.15, 0.2) is 0 Å². The van der Waals surface area contributed by atoms with Crippen molar-refractivity contribution in [1.29, 1.82) is 0 Å². The fourth-order valence-electron chi connectivity index (χ4n) is 1.95. The Hall–Kier alpha value is -2.12.